The molecular weight excluding hydrogens is 230 g/mol. The highest BCUT2D eigenvalue weighted by Gasteiger charge is 2.12. The Morgan fingerprint density at radius 1 is 1.44 bits per heavy atom. The first-order chi connectivity index (χ1) is 8.60. The lowest BCUT2D eigenvalue weighted by Gasteiger charge is -2.22. The van der Waals surface area contributed by atoms with Crippen LogP contribution in [0.2, 0.25) is 0 Å². The van der Waals surface area contributed by atoms with Gasteiger partial charge in [0.05, 0.1) is 6.54 Å². The van der Waals surface area contributed by atoms with E-state index in [2.05, 4.69) is 22.2 Å². The number of nitrogen functional groups attached to an aromatic ring is 1. The SMILES string of the molecule is CCCN(CC(=O)NC)c1cc(N)nc(CC)n1. The van der Waals surface area contributed by atoms with Gasteiger partial charge in [0.2, 0.25) is 5.91 Å². The molecule has 0 saturated heterocycles. The Labute approximate surface area is 108 Å². The zero-order valence-electron chi connectivity index (χ0n) is 11.2. The molecule has 6 nitrogen and oxygen atoms in total. The van der Waals surface area contributed by atoms with E-state index in [1.165, 1.54) is 0 Å². The summed E-state index contributed by atoms with van der Waals surface area (Å²) in [4.78, 5) is 21.9. The van der Waals surface area contributed by atoms with Crippen molar-refractivity contribution in [1.29, 1.82) is 0 Å². The number of nitrogens with one attached hydrogen (secondary N) is 1. The number of rotatable bonds is 6. The number of aromatic nitrogens is 2. The summed E-state index contributed by atoms with van der Waals surface area (Å²) in [7, 11) is 1.62. The third kappa shape index (κ3) is 3.87. The van der Waals surface area contributed by atoms with Crippen LogP contribution in [0.15, 0.2) is 6.07 Å². The maximum Gasteiger partial charge on any atom is 0.239 e. The number of carbonyl (C=O) groups is 1. The highest BCUT2D eigenvalue weighted by Crippen LogP contribution is 2.14. The van der Waals surface area contributed by atoms with Crippen molar-refractivity contribution in [2.45, 2.75) is 26.7 Å². The van der Waals surface area contributed by atoms with Crippen LogP contribution in [0.4, 0.5) is 11.6 Å². The number of aryl methyl sites for hydroxylation is 1. The monoisotopic (exact) mass is 251 g/mol. The van der Waals surface area contributed by atoms with Crippen LogP contribution in [-0.2, 0) is 11.2 Å². The van der Waals surface area contributed by atoms with Crippen LogP contribution in [0.5, 0.6) is 0 Å². The molecule has 6 heteroatoms. The molecule has 1 aromatic rings. The lowest BCUT2D eigenvalue weighted by molar-refractivity contribution is -0.119. The van der Waals surface area contributed by atoms with Gasteiger partial charge in [-0.05, 0) is 6.42 Å². The number of likely N-dealkylation sites (N-methyl/N-ethyl adjacent to an activating group) is 1. The van der Waals surface area contributed by atoms with Gasteiger partial charge >= 0.3 is 0 Å². The predicted molar refractivity (Wildman–Crippen MR) is 72.4 cm³/mol. The summed E-state index contributed by atoms with van der Waals surface area (Å²) in [6.07, 6.45) is 1.65. The molecule has 0 spiro atoms. The Morgan fingerprint density at radius 3 is 2.72 bits per heavy atom. The minimum Gasteiger partial charge on any atom is -0.384 e. The lowest BCUT2D eigenvalue weighted by atomic mass is 10.3. The van der Waals surface area contributed by atoms with Gasteiger partial charge in [-0.2, -0.15) is 0 Å². The first-order valence-corrected chi connectivity index (χ1v) is 6.19. The van der Waals surface area contributed by atoms with Crippen LogP contribution in [0.3, 0.4) is 0 Å². The number of carbonyl (C=O) groups excluding carboxylic acids is 1. The van der Waals surface area contributed by atoms with E-state index in [0.717, 1.165) is 19.4 Å². The third-order valence-electron chi connectivity index (χ3n) is 2.53. The fourth-order valence-corrected chi connectivity index (χ4v) is 1.62. The van der Waals surface area contributed by atoms with Crippen LogP contribution < -0.4 is 16.0 Å². The maximum absolute atomic E-state index is 11.5. The number of hydrogen-bond donors (Lipinski definition) is 2. The number of nitrogens with two attached hydrogens (primary N) is 1. The maximum atomic E-state index is 11.5. The molecule has 0 saturated carbocycles. The first-order valence-electron chi connectivity index (χ1n) is 6.19. The molecule has 0 radical (unpaired) electrons. The molecular formula is C12H21N5O. The van der Waals surface area contributed by atoms with E-state index < -0.39 is 0 Å². The van der Waals surface area contributed by atoms with Crippen molar-refractivity contribution in [1.82, 2.24) is 15.3 Å². The summed E-state index contributed by atoms with van der Waals surface area (Å²) >= 11 is 0. The topological polar surface area (TPSA) is 84.1 Å². The van der Waals surface area contributed by atoms with Gasteiger partial charge in [-0.15, -0.1) is 0 Å². The van der Waals surface area contributed by atoms with Crippen molar-refractivity contribution in [2.75, 3.05) is 30.8 Å². The molecule has 100 valence electrons. The van der Waals surface area contributed by atoms with Crippen LogP contribution in [-0.4, -0.2) is 36.0 Å². The van der Waals surface area contributed by atoms with Gasteiger partial charge in [-0.1, -0.05) is 13.8 Å². The smallest absolute Gasteiger partial charge is 0.239 e. The molecule has 3 N–H and O–H groups in total. The van der Waals surface area contributed by atoms with E-state index in [1.807, 2.05) is 11.8 Å². The highest BCUT2D eigenvalue weighted by molar-refractivity contribution is 5.80. The summed E-state index contributed by atoms with van der Waals surface area (Å²) < 4.78 is 0. The lowest BCUT2D eigenvalue weighted by Crippen LogP contribution is -2.36. The van der Waals surface area contributed by atoms with E-state index in [9.17, 15) is 4.79 Å². The van der Waals surface area contributed by atoms with Gasteiger partial charge in [0.1, 0.15) is 17.5 Å². The van der Waals surface area contributed by atoms with Gasteiger partial charge in [-0.25, -0.2) is 9.97 Å². The Kier molecular flexibility index (Phi) is 5.35. The molecule has 1 rings (SSSR count). The molecule has 0 unspecified atom stereocenters. The number of amides is 1. The molecule has 1 aromatic heterocycles. The minimum absolute atomic E-state index is 0.0429. The van der Waals surface area contributed by atoms with E-state index in [-0.39, 0.29) is 12.5 Å². The average Bonchev–Trinajstić information content (AvgIpc) is 2.37. The summed E-state index contributed by atoms with van der Waals surface area (Å²) in [5.74, 6) is 1.81. The van der Waals surface area contributed by atoms with Crippen molar-refractivity contribution in [3.05, 3.63) is 11.9 Å². The van der Waals surface area contributed by atoms with Gasteiger partial charge in [0.25, 0.3) is 0 Å². The van der Waals surface area contributed by atoms with E-state index in [1.54, 1.807) is 13.1 Å². The molecule has 18 heavy (non-hydrogen) atoms. The Hall–Kier alpha value is -1.85. The molecule has 1 heterocycles. The molecule has 0 aliphatic rings. The van der Waals surface area contributed by atoms with Gasteiger partial charge < -0.3 is 16.0 Å². The van der Waals surface area contributed by atoms with Crippen molar-refractivity contribution in [3.63, 3.8) is 0 Å². The molecule has 0 aliphatic carbocycles. The summed E-state index contributed by atoms with van der Waals surface area (Å²) in [6, 6.07) is 1.71. The highest BCUT2D eigenvalue weighted by atomic mass is 16.1. The number of nitrogens with zero attached hydrogens (tertiary/aromatic N) is 3. The predicted octanol–water partition coefficient (Wildman–Crippen LogP) is 0.584. The Balaban J connectivity index is 2.96. The number of hydrogen-bond acceptors (Lipinski definition) is 5. The summed E-state index contributed by atoms with van der Waals surface area (Å²) in [5.41, 5.74) is 5.75. The van der Waals surface area contributed by atoms with Crippen LogP contribution in [0.1, 0.15) is 26.1 Å². The molecule has 0 fully saturated rings. The first kappa shape index (κ1) is 14.2. The van der Waals surface area contributed by atoms with Crippen molar-refractivity contribution in [2.24, 2.45) is 0 Å². The molecule has 1 amide bonds. The van der Waals surface area contributed by atoms with Crippen molar-refractivity contribution >= 4 is 17.5 Å². The molecule has 0 aliphatic heterocycles. The zero-order valence-corrected chi connectivity index (χ0v) is 11.2. The van der Waals surface area contributed by atoms with Crippen molar-refractivity contribution < 1.29 is 4.79 Å². The minimum atomic E-state index is -0.0429. The average molecular weight is 251 g/mol. The largest absolute Gasteiger partial charge is 0.384 e. The molecule has 0 aromatic carbocycles. The van der Waals surface area contributed by atoms with Crippen LogP contribution in [0.25, 0.3) is 0 Å². The zero-order chi connectivity index (χ0) is 13.5. The quantitative estimate of drug-likeness (QED) is 0.772. The fraction of sp³-hybridized carbons (Fsp3) is 0.583. The van der Waals surface area contributed by atoms with E-state index in [0.29, 0.717) is 17.5 Å². The summed E-state index contributed by atoms with van der Waals surface area (Å²) in [5, 5.41) is 2.61. The second kappa shape index (κ2) is 6.78. The summed E-state index contributed by atoms with van der Waals surface area (Å²) in [6.45, 7) is 5.07. The normalized spacial score (nSPS) is 10.2. The van der Waals surface area contributed by atoms with Crippen molar-refractivity contribution in [3.8, 4) is 0 Å². The second-order valence-corrected chi connectivity index (χ2v) is 4.02. The van der Waals surface area contributed by atoms with E-state index in [4.69, 9.17) is 5.73 Å². The fourth-order valence-electron chi connectivity index (χ4n) is 1.62. The second-order valence-electron chi connectivity index (χ2n) is 4.02. The number of anilines is 2. The van der Waals surface area contributed by atoms with Crippen LogP contribution in [0, 0.1) is 0 Å². The Morgan fingerprint density at radius 2 is 2.17 bits per heavy atom. The molecule has 0 atom stereocenters. The van der Waals surface area contributed by atoms with Gasteiger partial charge in [0, 0.05) is 26.1 Å². The molecule has 0 bridgehead atoms. The van der Waals surface area contributed by atoms with Crippen LogP contribution >= 0.6 is 0 Å². The van der Waals surface area contributed by atoms with Gasteiger partial charge in [0.15, 0.2) is 0 Å². The Bertz CT molecular complexity index is 407. The third-order valence-corrected chi connectivity index (χ3v) is 2.53. The van der Waals surface area contributed by atoms with Gasteiger partial charge in [-0.3, -0.25) is 4.79 Å². The standard InChI is InChI=1S/C12H21N5O/c1-4-6-17(8-12(18)14-3)11-7-9(13)15-10(5-2)16-11/h7H,4-6,8H2,1-3H3,(H,14,18)(H2,13,15,16). The van der Waals surface area contributed by atoms with E-state index >= 15 is 0 Å².